The molecule has 0 atom stereocenters. The highest BCUT2D eigenvalue weighted by molar-refractivity contribution is 7.00. The van der Waals surface area contributed by atoms with Gasteiger partial charge in [-0.2, -0.15) is 0 Å². The summed E-state index contributed by atoms with van der Waals surface area (Å²) < 4.78 is 0. The van der Waals surface area contributed by atoms with Crippen LogP contribution in [0.3, 0.4) is 0 Å². The zero-order valence-corrected chi connectivity index (χ0v) is 66.0. The zero-order valence-electron chi connectivity index (χ0n) is 66.0. The molecule has 0 amide bonds. The normalized spacial score (nSPS) is 12.9. The van der Waals surface area contributed by atoms with Crippen LogP contribution in [0.5, 0.6) is 0 Å². The summed E-state index contributed by atoms with van der Waals surface area (Å²) >= 11 is 0. The number of benzene rings is 14. The van der Waals surface area contributed by atoms with Crippen molar-refractivity contribution in [3.8, 4) is 55.6 Å². The minimum atomic E-state index is -0.285. The van der Waals surface area contributed by atoms with Gasteiger partial charge in [0.05, 0.1) is 11.4 Å². The Morgan fingerprint density at radius 3 is 0.716 bits per heavy atom. The minimum absolute atomic E-state index is 0.0422. The largest absolute Gasteiger partial charge is 0.310 e. The van der Waals surface area contributed by atoms with Crippen molar-refractivity contribution in [2.75, 3.05) is 19.6 Å². The van der Waals surface area contributed by atoms with Gasteiger partial charge in [0.15, 0.2) is 0 Å². The molecule has 0 saturated carbocycles. The van der Waals surface area contributed by atoms with E-state index in [-0.39, 0.29) is 33.8 Å². The monoisotopic (exact) mass is 1410 g/mol. The smallest absolute Gasteiger partial charge is 0.252 e. The average Bonchev–Trinajstić information content (AvgIpc) is 0.687. The van der Waals surface area contributed by atoms with E-state index in [9.17, 15) is 0 Å². The van der Waals surface area contributed by atoms with E-state index in [0.717, 1.165) is 124 Å². The fraction of sp³-hybridized carbons (Fsp3) is 0.192. The van der Waals surface area contributed by atoms with Crippen molar-refractivity contribution in [2.45, 2.75) is 131 Å². The molecule has 0 unspecified atom stereocenters. The van der Waals surface area contributed by atoms with Crippen molar-refractivity contribution in [1.29, 1.82) is 0 Å². The maximum Gasteiger partial charge on any atom is 0.252 e. The Hall–Kier alpha value is -11.7. The van der Waals surface area contributed by atoms with E-state index in [1.165, 1.54) is 44.2 Å². The molecule has 538 valence electrons. The molecule has 2 aliphatic rings. The minimum Gasteiger partial charge on any atom is -0.310 e. The summed E-state index contributed by atoms with van der Waals surface area (Å²) in [6.45, 7) is 34.3. The van der Waals surface area contributed by atoms with Crippen LogP contribution in [0.1, 0.15) is 132 Å². The maximum atomic E-state index is 2.69. The second-order valence-electron chi connectivity index (χ2n) is 35.1. The van der Waals surface area contributed by atoms with Crippen molar-refractivity contribution in [2.24, 2.45) is 0 Å². The van der Waals surface area contributed by atoms with Crippen molar-refractivity contribution in [3.63, 3.8) is 0 Å². The van der Waals surface area contributed by atoms with Crippen LogP contribution in [0.25, 0.3) is 55.6 Å². The van der Waals surface area contributed by atoms with E-state index >= 15 is 0 Å². The molecule has 14 aromatic carbocycles. The quantitative estimate of drug-likeness (QED) is 0.107. The van der Waals surface area contributed by atoms with Crippen LogP contribution in [-0.4, -0.2) is 6.71 Å². The van der Waals surface area contributed by atoms with Gasteiger partial charge in [-0.05, 0) is 190 Å². The lowest BCUT2D eigenvalue weighted by atomic mass is 9.33. The number of anilines is 12. The SMILES string of the molecule is CC(C)(C)c1ccc(-c2cc3c4c(c2)N(c2c(-c5ccccc5)cccc2-c2ccccc2)c2cc(N(c5ccc(C(C)(C)C)cc5)c5ccc(C(C)(C)C)cc5)ccc2B4c2ccc(N(c4ccc(C(C)(C)C)cc4)c4ccc(C(C)(C)C)cc4)cc2N3c2c(-c3ccccc3)cccc2-c2ccccc2)cc1. The van der Waals surface area contributed by atoms with E-state index in [1.807, 2.05) is 0 Å². The lowest BCUT2D eigenvalue weighted by Gasteiger charge is -2.46. The van der Waals surface area contributed by atoms with E-state index in [0.29, 0.717) is 0 Å². The first-order valence-electron chi connectivity index (χ1n) is 38.9. The third-order valence-corrected chi connectivity index (χ3v) is 22.5. The Balaban J connectivity index is 1.07. The summed E-state index contributed by atoms with van der Waals surface area (Å²) in [6.07, 6.45) is 0. The predicted molar refractivity (Wildman–Crippen MR) is 471 cm³/mol. The standard InChI is InChI=1S/C104H99BN4/c1-100(2,3)76-44-42-70(43-45-76)75-66-95-97-96(67-75)109(99-89(73-34-24-18-25-35-73)40-29-41-90(99)74-36-26-19-27-37-74)94-69-86(107(83-58-50-79(51-59-83)103(10,11)12)84-60-52-80(53-61-84)104(13,14)15)63-65-92(94)105(97)91-64-62-85(106(81-54-46-77(47-55-81)101(4,5)6)82-56-48-78(49-57-82)102(7,8)9)68-93(91)108(95)98-87(71-30-20-16-21-31-71)38-28-39-88(98)72-32-22-17-23-33-72/h16-69H,1-15H3. The summed E-state index contributed by atoms with van der Waals surface area (Å²) in [5, 5.41) is 0. The highest BCUT2D eigenvalue weighted by Gasteiger charge is 2.46. The van der Waals surface area contributed by atoms with Gasteiger partial charge < -0.3 is 19.6 Å². The number of para-hydroxylation sites is 2. The van der Waals surface area contributed by atoms with Gasteiger partial charge in [-0.1, -0.05) is 347 Å². The van der Waals surface area contributed by atoms with E-state index in [4.69, 9.17) is 0 Å². The Morgan fingerprint density at radius 2 is 0.459 bits per heavy atom. The molecule has 0 fully saturated rings. The lowest BCUT2D eigenvalue weighted by Crippen LogP contribution is -2.61. The molecule has 0 aromatic heterocycles. The summed E-state index contributed by atoms with van der Waals surface area (Å²) in [6, 6.07) is 125. The molecular weight excluding hydrogens is 1320 g/mol. The predicted octanol–water partition coefficient (Wildman–Crippen LogP) is 27.5. The van der Waals surface area contributed by atoms with Gasteiger partial charge in [-0.3, -0.25) is 0 Å². The van der Waals surface area contributed by atoms with Gasteiger partial charge in [0.2, 0.25) is 0 Å². The van der Waals surface area contributed by atoms with Gasteiger partial charge in [0.25, 0.3) is 6.71 Å². The highest BCUT2D eigenvalue weighted by atomic mass is 15.2. The van der Waals surface area contributed by atoms with Crippen molar-refractivity contribution in [3.05, 3.63) is 355 Å². The molecule has 0 spiro atoms. The van der Waals surface area contributed by atoms with E-state index in [1.54, 1.807) is 0 Å². The first-order valence-corrected chi connectivity index (χ1v) is 38.9. The zero-order chi connectivity index (χ0) is 75.9. The fourth-order valence-electron chi connectivity index (χ4n) is 16.4. The van der Waals surface area contributed by atoms with Crippen LogP contribution in [0.4, 0.5) is 68.2 Å². The molecule has 0 bridgehead atoms. The molecule has 5 heteroatoms. The molecule has 0 saturated heterocycles. The molecule has 14 aromatic rings. The lowest BCUT2D eigenvalue weighted by molar-refractivity contribution is 0.590. The van der Waals surface area contributed by atoms with Gasteiger partial charge >= 0.3 is 0 Å². The number of hydrogen-bond acceptors (Lipinski definition) is 4. The third kappa shape index (κ3) is 13.7. The maximum absolute atomic E-state index is 2.69. The number of nitrogens with zero attached hydrogens (tertiary/aromatic N) is 4. The van der Waals surface area contributed by atoms with Gasteiger partial charge in [0, 0.05) is 79.1 Å². The Kier molecular flexibility index (Phi) is 18.3. The fourth-order valence-corrected chi connectivity index (χ4v) is 16.4. The third-order valence-electron chi connectivity index (χ3n) is 22.5. The Bertz CT molecular complexity index is 5080. The molecule has 16 rings (SSSR count). The van der Waals surface area contributed by atoms with Gasteiger partial charge in [-0.15, -0.1) is 0 Å². The second-order valence-corrected chi connectivity index (χ2v) is 35.1. The molecule has 0 radical (unpaired) electrons. The topological polar surface area (TPSA) is 13.0 Å². The van der Waals surface area contributed by atoms with Crippen LogP contribution in [0.15, 0.2) is 328 Å². The van der Waals surface area contributed by atoms with E-state index in [2.05, 4.69) is 451 Å². The number of rotatable bonds is 13. The van der Waals surface area contributed by atoms with Crippen LogP contribution in [-0.2, 0) is 27.1 Å². The highest BCUT2D eigenvalue weighted by Crippen LogP contribution is 2.56. The van der Waals surface area contributed by atoms with Gasteiger partial charge in [0.1, 0.15) is 0 Å². The van der Waals surface area contributed by atoms with Crippen LogP contribution in [0, 0.1) is 0 Å². The van der Waals surface area contributed by atoms with E-state index < -0.39 is 0 Å². The van der Waals surface area contributed by atoms with Crippen molar-refractivity contribution < 1.29 is 0 Å². The van der Waals surface area contributed by atoms with Crippen LogP contribution < -0.4 is 36.0 Å². The number of hydrogen-bond donors (Lipinski definition) is 0. The summed E-state index contributed by atoms with van der Waals surface area (Å²) in [4.78, 5) is 10.4. The molecular formula is C104H99BN4. The summed E-state index contributed by atoms with van der Waals surface area (Å²) in [7, 11) is 0. The molecule has 109 heavy (non-hydrogen) atoms. The average molecular weight is 1420 g/mol. The molecule has 2 aliphatic heterocycles. The Morgan fingerprint density at radius 1 is 0.211 bits per heavy atom. The summed E-state index contributed by atoms with van der Waals surface area (Å²) in [5.74, 6) is 0. The Labute approximate surface area is 648 Å². The number of fused-ring (bicyclic) bond motifs is 4. The first kappa shape index (κ1) is 71.6. The van der Waals surface area contributed by atoms with Crippen molar-refractivity contribution >= 4 is 91.3 Å². The first-order chi connectivity index (χ1) is 52.2. The molecule has 2 heterocycles. The van der Waals surface area contributed by atoms with Crippen LogP contribution in [0.2, 0.25) is 0 Å². The summed E-state index contributed by atoms with van der Waals surface area (Å²) in [5.41, 5.74) is 34.1. The van der Waals surface area contributed by atoms with Crippen LogP contribution >= 0.6 is 0 Å². The molecule has 4 nitrogen and oxygen atoms in total. The molecule has 0 aliphatic carbocycles. The van der Waals surface area contributed by atoms with Gasteiger partial charge in [-0.25, -0.2) is 0 Å². The second kappa shape index (κ2) is 27.8. The van der Waals surface area contributed by atoms with Crippen molar-refractivity contribution in [1.82, 2.24) is 0 Å². The molecule has 0 N–H and O–H groups in total.